The van der Waals surface area contributed by atoms with Crippen LogP contribution in [0.2, 0.25) is 0 Å². The van der Waals surface area contributed by atoms with Crippen molar-refractivity contribution in [2.45, 2.75) is 12.8 Å². The number of aliphatic hydroxyl groups is 1. The van der Waals surface area contributed by atoms with Gasteiger partial charge in [0, 0.05) is 32.5 Å². The minimum atomic E-state index is 0.237. The highest BCUT2D eigenvalue weighted by Gasteiger charge is 1.98. The van der Waals surface area contributed by atoms with Gasteiger partial charge in [0.1, 0.15) is 5.75 Å². The Balaban J connectivity index is 2.43. The molecule has 0 aromatic heterocycles. The first-order valence-electron chi connectivity index (χ1n) is 5.25. The quantitative estimate of drug-likeness (QED) is 0.726. The molecule has 1 N–H and O–H groups in total. The molecular formula is C12H19NO2. The van der Waals surface area contributed by atoms with Crippen LogP contribution in [0.3, 0.4) is 0 Å². The van der Waals surface area contributed by atoms with Crippen molar-refractivity contribution in [1.82, 2.24) is 0 Å². The number of ether oxygens (including phenoxy) is 1. The molecule has 1 aromatic carbocycles. The average Bonchev–Trinajstić information content (AvgIpc) is 2.25. The molecule has 84 valence electrons. The molecule has 0 atom stereocenters. The summed E-state index contributed by atoms with van der Waals surface area (Å²) in [6, 6.07) is 7.99. The summed E-state index contributed by atoms with van der Waals surface area (Å²) in [5, 5.41) is 8.62. The van der Waals surface area contributed by atoms with Gasteiger partial charge in [-0.25, -0.2) is 0 Å². The fourth-order valence-electron chi connectivity index (χ4n) is 1.26. The third kappa shape index (κ3) is 4.21. The van der Waals surface area contributed by atoms with E-state index < -0.39 is 0 Å². The minimum absolute atomic E-state index is 0.237. The van der Waals surface area contributed by atoms with Crippen LogP contribution in [0, 0.1) is 0 Å². The second-order valence-electron chi connectivity index (χ2n) is 3.67. The lowest BCUT2D eigenvalue weighted by molar-refractivity contribution is 0.253. The molecule has 0 radical (unpaired) electrons. The van der Waals surface area contributed by atoms with Crippen molar-refractivity contribution in [1.29, 1.82) is 0 Å². The number of hydrogen-bond acceptors (Lipinski definition) is 3. The molecule has 3 heteroatoms. The van der Waals surface area contributed by atoms with E-state index >= 15 is 0 Å². The number of anilines is 1. The first kappa shape index (κ1) is 11.9. The molecule has 0 amide bonds. The maximum Gasteiger partial charge on any atom is 0.121 e. The lowest BCUT2D eigenvalue weighted by Gasteiger charge is -2.13. The van der Waals surface area contributed by atoms with Crippen molar-refractivity contribution >= 4 is 5.69 Å². The summed E-state index contributed by atoms with van der Waals surface area (Å²) in [6.07, 6.45) is 1.69. The van der Waals surface area contributed by atoms with Crippen LogP contribution in [-0.4, -0.2) is 32.4 Å². The molecule has 0 saturated heterocycles. The first-order chi connectivity index (χ1) is 7.24. The normalized spacial score (nSPS) is 10.1. The number of benzene rings is 1. The predicted molar refractivity (Wildman–Crippen MR) is 62.6 cm³/mol. The molecule has 1 aromatic rings. The molecule has 15 heavy (non-hydrogen) atoms. The fraction of sp³-hybridized carbons (Fsp3) is 0.500. The Morgan fingerprint density at radius 3 is 2.73 bits per heavy atom. The van der Waals surface area contributed by atoms with E-state index in [4.69, 9.17) is 9.84 Å². The van der Waals surface area contributed by atoms with Crippen molar-refractivity contribution in [3.63, 3.8) is 0 Å². The van der Waals surface area contributed by atoms with Gasteiger partial charge in [-0.15, -0.1) is 0 Å². The highest BCUT2D eigenvalue weighted by atomic mass is 16.5. The molecule has 0 heterocycles. The summed E-state index contributed by atoms with van der Waals surface area (Å²) in [4.78, 5) is 2.04. The van der Waals surface area contributed by atoms with Crippen molar-refractivity contribution < 1.29 is 9.84 Å². The van der Waals surface area contributed by atoms with Crippen molar-refractivity contribution in [3.8, 4) is 5.75 Å². The van der Waals surface area contributed by atoms with Gasteiger partial charge in [0.2, 0.25) is 0 Å². The van der Waals surface area contributed by atoms with Crippen LogP contribution in [0.5, 0.6) is 5.75 Å². The smallest absolute Gasteiger partial charge is 0.121 e. The van der Waals surface area contributed by atoms with Crippen LogP contribution in [0.1, 0.15) is 12.8 Å². The van der Waals surface area contributed by atoms with E-state index in [1.807, 2.05) is 43.3 Å². The lowest BCUT2D eigenvalue weighted by atomic mass is 10.3. The Morgan fingerprint density at radius 2 is 2.07 bits per heavy atom. The Morgan fingerprint density at radius 1 is 1.27 bits per heavy atom. The highest BCUT2D eigenvalue weighted by Crippen LogP contribution is 2.19. The number of rotatable bonds is 6. The van der Waals surface area contributed by atoms with Gasteiger partial charge in [-0.2, -0.15) is 0 Å². The molecule has 0 saturated carbocycles. The molecule has 3 nitrogen and oxygen atoms in total. The van der Waals surface area contributed by atoms with E-state index in [9.17, 15) is 0 Å². The van der Waals surface area contributed by atoms with Crippen molar-refractivity contribution in [2.75, 3.05) is 32.2 Å². The maximum absolute atomic E-state index is 8.62. The van der Waals surface area contributed by atoms with E-state index in [1.165, 1.54) is 0 Å². The highest BCUT2D eigenvalue weighted by molar-refractivity contribution is 5.49. The number of aliphatic hydroxyl groups excluding tert-OH is 1. The van der Waals surface area contributed by atoms with E-state index in [1.54, 1.807) is 0 Å². The van der Waals surface area contributed by atoms with Gasteiger partial charge in [-0.05, 0) is 25.0 Å². The molecule has 1 rings (SSSR count). The number of unbranched alkanes of at least 4 members (excludes halogenated alkanes) is 1. The average molecular weight is 209 g/mol. The number of nitrogens with zero attached hydrogens (tertiary/aromatic N) is 1. The molecular weight excluding hydrogens is 190 g/mol. The second kappa shape index (κ2) is 6.30. The largest absolute Gasteiger partial charge is 0.494 e. The lowest BCUT2D eigenvalue weighted by Crippen LogP contribution is -2.08. The zero-order chi connectivity index (χ0) is 11.1. The molecule has 0 fully saturated rings. The SMILES string of the molecule is CN(C)c1cccc(OCCCCO)c1. The topological polar surface area (TPSA) is 32.7 Å². The molecule has 0 aliphatic heterocycles. The minimum Gasteiger partial charge on any atom is -0.494 e. The van der Waals surface area contributed by atoms with Gasteiger partial charge in [0.25, 0.3) is 0 Å². The third-order valence-corrected chi connectivity index (χ3v) is 2.16. The molecule has 0 bridgehead atoms. The van der Waals surface area contributed by atoms with Crippen LogP contribution in [0.4, 0.5) is 5.69 Å². The monoisotopic (exact) mass is 209 g/mol. The fourth-order valence-corrected chi connectivity index (χ4v) is 1.26. The van der Waals surface area contributed by atoms with Crippen LogP contribution < -0.4 is 9.64 Å². The van der Waals surface area contributed by atoms with Crippen molar-refractivity contribution in [3.05, 3.63) is 24.3 Å². The summed E-state index contributed by atoms with van der Waals surface area (Å²) in [6.45, 7) is 0.901. The third-order valence-electron chi connectivity index (χ3n) is 2.16. The Bertz CT molecular complexity index is 287. The zero-order valence-electron chi connectivity index (χ0n) is 9.44. The van der Waals surface area contributed by atoms with Crippen molar-refractivity contribution in [2.24, 2.45) is 0 Å². The summed E-state index contributed by atoms with van der Waals surface area (Å²) in [5.74, 6) is 0.888. The summed E-state index contributed by atoms with van der Waals surface area (Å²) in [5.41, 5.74) is 1.13. The summed E-state index contributed by atoms with van der Waals surface area (Å²) in [7, 11) is 4.01. The van der Waals surface area contributed by atoms with Gasteiger partial charge >= 0.3 is 0 Å². The number of hydrogen-bond donors (Lipinski definition) is 1. The molecule has 0 aliphatic rings. The van der Waals surface area contributed by atoms with Gasteiger partial charge < -0.3 is 14.7 Å². The van der Waals surface area contributed by atoms with Crippen LogP contribution in [-0.2, 0) is 0 Å². The van der Waals surface area contributed by atoms with Gasteiger partial charge in [-0.1, -0.05) is 6.07 Å². The molecule has 0 aliphatic carbocycles. The van der Waals surface area contributed by atoms with Gasteiger partial charge in [-0.3, -0.25) is 0 Å². The van der Waals surface area contributed by atoms with E-state index in [0.29, 0.717) is 6.61 Å². The van der Waals surface area contributed by atoms with Crippen LogP contribution in [0.25, 0.3) is 0 Å². The second-order valence-corrected chi connectivity index (χ2v) is 3.67. The Hall–Kier alpha value is -1.22. The van der Waals surface area contributed by atoms with E-state index in [2.05, 4.69) is 0 Å². The zero-order valence-corrected chi connectivity index (χ0v) is 9.44. The van der Waals surface area contributed by atoms with Crippen LogP contribution >= 0.6 is 0 Å². The predicted octanol–water partition coefficient (Wildman–Crippen LogP) is 1.90. The van der Waals surface area contributed by atoms with Crippen LogP contribution in [0.15, 0.2) is 24.3 Å². The molecule has 0 unspecified atom stereocenters. The van der Waals surface area contributed by atoms with Gasteiger partial charge in [0.15, 0.2) is 0 Å². The van der Waals surface area contributed by atoms with E-state index in [-0.39, 0.29) is 6.61 Å². The summed E-state index contributed by atoms with van der Waals surface area (Å²) < 4.78 is 5.56. The standard InChI is InChI=1S/C12H19NO2/c1-13(2)11-6-5-7-12(10-11)15-9-4-3-8-14/h5-7,10,14H,3-4,8-9H2,1-2H3. The Labute approximate surface area is 91.3 Å². The molecule has 0 spiro atoms. The first-order valence-corrected chi connectivity index (χ1v) is 5.25. The summed E-state index contributed by atoms with van der Waals surface area (Å²) >= 11 is 0. The Kier molecular flexibility index (Phi) is 4.98. The van der Waals surface area contributed by atoms with Gasteiger partial charge in [0.05, 0.1) is 6.61 Å². The van der Waals surface area contributed by atoms with E-state index in [0.717, 1.165) is 24.3 Å². The maximum atomic E-state index is 8.62.